The molecule has 2 heteroatoms. The standard InChI is InChI=1S/C16H32N2/c1-15(2)7-6-14(17-5)13(10-15)11-18-9-8-16(3,4)12-18/h13-14,17H,6-12H2,1-5H3. The third-order valence-corrected chi connectivity index (χ3v) is 5.14. The van der Waals surface area contributed by atoms with E-state index >= 15 is 0 Å². The van der Waals surface area contributed by atoms with Gasteiger partial charge < -0.3 is 10.2 Å². The minimum absolute atomic E-state index is 0.541. The lowest BCUT2D eigenvalue weighted by molar-refractivity contribution is 0.108. The van der Waals surface area contributed by atoms with E-state index in [0.717, 1.165) is 12.0 Å². The summed E-state index contributed by atoms with van der Waals surface area (Å²) in [4.78, 5) is 2.70. The number of rotatable bonds is 3. The summed E-state index contributed by atoms with van der Waals surface area (Å²) < 4.78 is 0. The molecule has 2 fully saturated rings. The zero-order chi connectivity index (χ0) is 13.4. The Morgan fingerprint density at radius 2 is 1.83 bits per heavy atom. The van der Waals surface area contributed by atoms with Crippen LogP contribution in [0.4, 0.5) is 0 Å². The van der Waals surface area contributed by atoms with Crippen molar-refractivity contribution in [3.63, 3.8) is 0 Å². The van der Waals surface area contributed by atoms with Crippen molar-refractivity contribution in [1.29, 1.82) is 0 Å². The molecule has 1 saturated heterocycles. The lowest BCUT2D eigenvalue weighted by Gasteiger charge is -2.42. The van der Waals surface area contributed by atoms with Crippen LogP contribution in [0.1, 0.15) is 53.4 Å². The molecule has 1 aliphatic carbocycles. The van der Waals surface area contributed by atoms with Gasteiger partial charge in [-0.05, 0) is 56.0 Å². The van der Waals surface area contributed by atoms with Crippen molar-refractivity contribution in [2.75, 3.05) is 26.7 Å². The molecule has 1 N–H and O–H groups in total. The first-order valence-electron chi connectivity index (χ1n) is 7.71. The van der Waals surface area contributed by atoms with Gasteiger partial charge in [0.1, 0.15) is 0 Å². The van der Waals surface area contributed by atoms with Crippen LogP contribution in [0.25, 0.3) is 0 Å². The molecule has 18 heavy (non-hydrogen) atoms. The van der Waals surface area contributed by atoms with Crippen molar-refractivity contribution in [2.24, 2.45) is 16.7 Å². The highest BCUT2D eigenvalue weighted by Gasteiger charge is 2.37. The van der Waals surface area contributed by atoms with Crippen LogP contribution in [0.15, 0.2) is 0 Å². The van der Waals surface area contributed by atoms with Crippen molar-refractivity contribution in [1.82, 2.24) is 10.2 Å². The third-order valence-electron chi connectivity index (χ3n) is 5.14. The van der Waals surface area contributed by atoms with Crippen LogP contribution < -0.4 is 5.32 Å². The quantitative estimate of drug-likeness (QED) is 0.830. The van der Waals surface area contributed by atoms with Gasteiger partial charge in [0.25, 0.3) is 0 Å². The predicted octanol–water partition coefficient (Wildman–Crippen LogP) is 3.13. The summed E-state index contributed by atoms with van der Waals surface area (Å²) in [7, 11) is 2.14. The fourth-order valence-electron chi connectivity index (χ4n) is 4.02. The average molecular weight is 252 g/mol. The highest BCUT2D eigenvalue weighted by Crippen LogP contribution is 2.40. The Balaban J connectivity index is 1.93. The van der Waals surface area contributed by atoms with Crippen molar-refractivity contribution >= 4 is 0 Å². The zero-order valence-electron chi connectivity index (χ0n) is 13.1. The normalized spacial score (nSPS) is 35.8. The maximum Gasteiger partial charge on any atom is 0.0105 e. The Labute approximate surface area is 114 Å². The van der Waals surface area contributed by atoms with Crippen LogP contribution in [-0.4, -0.2) is 37.6 Å². The van der Waals surface area contributed by atoms with Gasteiger partial charge in [-0.3, -0.25) is 0 Å². The Morgan fingerprint density at radius 3 is 2.39 bits per heavy atom. The average Bonchev–Trinajstić information content (AvgIpc) is 2.57. The molecule has 0 bridgehead atoms. The second-order valence-electron chi connectivity index (χ2n) is 8.21. The molecule has 0 aromatic carbocycles. The van der Waals surface area contributed by atoms with E-state index in [1.54, 1.807) is 0 Å². The first-order valence-corrected chi connectivity index (χ1v) is 7.71. The summed E-state index contributed by atoms with van der Waals surface area (Å²) in [6, 6.07) is 0.738. The molecule has 0 amide bonds. The van der Waals surface area contributed by atoms with E-state index in [2.05, 4.69) is 45.0 Å². The fourth-order valence-corrected chi connectivity index (χ4v) is 4.02. The first-order chi connectivity index (χ1) is 8.31. The van der Waals surface area contributed by atoms with Crippen LogP contribution in [0, 0.1) is 16.7 Å². The first kappa shape index (κ1) is 14.3. The number of nitrogens with zero attached hydrogens (tertiary/aromatic N) is 1. The zero-order valence-corrected chi connectivity index (χ0v) is 13.1. The Kier molecular flexibility index (Phi) is 4.08. The smallest absolute Gasteiger partial charge is 0.0105 e. The summed E-state index contributed by atoms with van der Waals surface area (Å²) in [5.41, 5.74) is 1.09. The topological polar surface area (TPSA) is 15.3 Å². The van der Waals surface area contributed by atoms with E-state index in [1.807, 2.05) is 0 Å². The van der Waals surface area contributed by atoms with Gasteiger partial charge in [0.2, 0.25) is 0 Å². The largest absolute Gasteiger partial charge is 0.317 e. The maximum atomic E-state index is 3.56. The van der Waals surface area contributed by atoms with E-state index in [4.69, 9.17) is 0 Å². The second-order valence-corrected chi connectivity index (χ2v) is 8.21. The SMILES string of the molecule is CNC1CCC(C)(C)CC1CN1CCC(C)(C)C1. The van der Waals surface area contributed by atoms with E-state index in [-0.39, 0.29) is 0 Å². The van der Waals surface area contributed by atoms with Crippen molar-refractivity contribution in [3.8, 4) is 0 Å². The summed E-state index contributed by atoms with van der Waals surface area (Å²) in [6.45, 7) is 13.6. The number of hydrogen-bond donors (Lipinski definition) is 1. The van der Waals surface area contributed by atoms with E-state index < -0.39 is 0 Å². The molecule has 1 heterocycles. The van der Waals surface area contributed by atoms with Gasteiger partial charge in [-0.15, -0.1) is 0 Å². The van der Waals surface area contributed by atoms with Gasteiger partial charge in [0.15, 0.2) is 0 Å². The van der Waals surface area contributed by atoms with Gasteiger partial charge in [0, 0.05) is 19.1 Å². The molecule has 2 rings (SSSR count). The molecule has 0 radical (unpaired) electrons. The van der Waals surface area contributed by atoms with Gasteiger partial charge in [-0.25, -0.2) is 0 Å². The molecule has 1 aliphatic heterocycles. The lowest BCUT2D eigenvalue weighted by Crippen LogP contribution is -2.46. The molecule has 2 aliphatic rings. The minimum Gasteiger partial charge on any atom is -0.317 e. The highest BCUT2D eigenvalue weighted by molar-refractivity contribution is 4.92. The van der Waals surface area contributed by atoms with E-state index in [0.29, 0.717) is 10.8 Å². The molecule has 2 atom stereocenters. The van der Waals surface area contributed by atoms with Gasteiger partial charge in [-0.2, -0.15) is 0 Å². The van der Waals surface area contributed by atoms with Crippen molar-refractivity contribution in [2.45, 2.75) is 59.4 Å². The van der Waals surface area contributed by atoms with Gasteiger partial charge in [-0.1, -0.05) is 27.7 Å². The van der Waals surface area contributed by atoms with Gasteiger partial charge >= 0.3 is 0 Å². The summed E-state index contributed by atoms with van der Waals surface area (Å²) in [5.74, 6) is 0.840. The van der Waals surface area contributed by atoms with Crippen LogP contribution in [0.2, 0.25) is 0 Å². The number of likely N-dealkylation sites (tertiary alicyclic amines) is 1. The molecule has 1 saturated carbocycles. The molecule has 0 aromatic heterocycles. The maximum absolute atomic E-state index is 3.56. The Bertz CT molecular complexity index is 283. The number of hydrogen-bond acceptors (Lipinski definition) is 2. The second kappa shape index (κ2) is 5.13. The predicted molar refractivity (Wildman–Crippen MR) is 78.8 cm³/mol. The molecule has 0 spiro atoms. The highest BCUT2D eigenvalue weighted by atomic mass is 15.2. The molecule has 2 nitrogen and oxygen atoms in total. The van der Waals surface area contributed by atoms with Crippen LogP contribution in [0.3, 0.4) is 0 Å². The molecule has 0 aromatic rings. The Hall–Kier alpha value is -0.0800. The number of nitrogens with one attached hydrogen (secondary N) is 1. The van der Waals surface area contributed by atoms with Gasteiger partial charge in [0.05, 0.1) is 0 Å². The minimum atomic E-state index is 0.541. The third kappa shape index (κ3) is 3.48. The summed E-state index contributed by atoms with van der Waals surface area (Å²) in [6.07, 6.45) is 5.48. The van der Waals surface area contributed by atoms with Crippen LogP contribution in [0.5, 0.6) is 0 Å². The van der Waals surface area contributed by atoms with Crippen molar-refractivity contribution in [3.05, 3.63) is 0 Å². The van der Waals surface area contributed by atoms with Crippen LogP contribution >= 0.6 is 0 Å². The molecular weight excluding hydrogens is 220 g/mol. The Morgan fingerprint density at radius 1 is 1.11 bits per heavy atom. The van der Waals surface area contributed by atoms with Crippen LogP contribution in [-0.2, 0) is 0 Å². The molecule has 2 unspecified atom stereocenters. The van der Waals surface area contributed by atoms with E-state index in [9.17, 15) is 0 Å². The molecular formula is C16H32N2. The lowest BCUT2D eigenvalue weighted by atomic mass is 9.69. The monoisotopic (exact) mass is 252 g/mol. The molecule has 106 valence electrons. The van der Waals surface area contributed by atoms with Crippen molar-refractivity contribution < 1.29 is 0 Å². The van der Waals surface area contributed by atoms with E-state index in [1.165, 1.54) is 45.3 Å². The fraction of sp³-hybridized carbons (Fsp3) is 1.00. The summed E-state index contributed by atoms with van der Waals surface area (Å²) >= 11 is 0. The summed E-state index contributed by atoms with van der Waals surface area (Å²) in [5, 5.41) is 3.56.